The van der Waals surface area contributed by atoms with Gasteiger partial charge in [0.2, 0.25) is 0 Å². The van der Waals surface area contributed by atoms with Gasteiger partial charge in [0.15, 0.2) is 5.82 Å². The van der Waals surface area contributed by atoms with Crippen molar-refractivity contribution < 1.29 is 19.4 Å². The van der Waals surface area contributed by atoms with E-state index in [0.717, 1.165) is 10.9 Å². The summed E-state index contributed by atoms with van der Waals surface area (Å²) in [6.45, 7) is 8.53. The van der Waals surface area contributed by atoms with Gasteiger partial charge in [0.05, 0.1) is 29.8 Å². The van der Waals surface area contributed by atoms with Gasteiger partial charge >= 0.3 is 6.09 Å². The number of aliphatic hydroxyl groups is 1. The summed E-state index contributed by atoms with van der Waals surface area (Å²) >= 11 is 0. The van der Waals surface area contributed by atoms with Gasteiger partial charge < -0.3 is 19.1 Å². The van der Waals surface area contributed by atoms with Crippen LogP contribution in [0.5, 0.6) is 0 Å². The van der Waals surface area contributed by atoms with Crippen molar-refractivity contribution in [2.45, 2.75) is 46.4 Å². The molecule has 150 valence electrons. The van der Waals surface area contributed by atoms with Crippen LogP contribution in [0.15, 0.2) is 24.3 Å². The summed E-state index contributed by atoms with van der Waals surface area (Å²) in [7, 11) is 0. The van der Waals surface area contributed by atoms with Crippen LogP contribution < -0.4 is 5.32 Å². The number of carbonyl (C=O) groups is 1. The normalized spacial score (nSPS) is 11.9. The molecule has 3 aromatic rings. The van der Waals surface area contributed by atoms with Crippen molar-refractivity contribution in [3.8, 4) is 0 Å². The van der Waals surface area contributed by atoms with E-state index in [2.05, 4.69) is 10.3 Å². The van der Waals surface area contributed by atoms with Gasteiger partial charge in [-0.15, -0.1) is 0 Å². The third kappa shape index (κ3) is 4.23. The van der Waals surface area contributed by atoms with Crippen LogP contribution in [-0.4, -0.2) is 44.5 Å². The topological polar surface area (TPSA) is 98.5 Å². The highest BCUT2D eigenvalue weighted by atomic mass is 16.5. The van der Waals surface area contributed by atoms with E-state index in [-0.39, 0.29) is 13.2 Å². The van der Waals surface area contributed by atoms with E-state index in [4.69, 9.17) is 14.5 Å². The highest BCUT2D eigenvalue weighted by Gasteiger charge is 2.23. The Morgan fingerprint density at radius 1 is 1.21 bits per heavy atom. The van der Waals surface area contributed by atoms with E-state index >= 15 is 0 Å². The minimum atomic E-state index is -0.965. The van der Waals surface area contributed by atoms with Gasteiger partial charge in [-0.25, -0.2) is 14.8 Å². The number of para-hydroxylation sites is 1. The third-order valence-electron chi connectivity index (χ3n) is 4.14. The summed E-state index contributed by atoms with van der Waals surface area (Å²) in [5, 5.41) is 14.0. The van der Waals surface area contributed by atoms with Gasteiger partial charge in [-0.1, -0.05) is 18.2 Å². The average Bonchev–Trinajstić information content (AvgIpc) is 2.97. The maximum absolute atomic E-state index is 12.0. The van der Waals surface area contributed by atoms with Crippen molar-refractivity contribution in [1.29, 1.82) is 0 Å². The molecule has 2 aromatic heterocycles. The Morgan fingerprint density at radius 3 is 2.64 bits per heavy atom. The Balaban J connectivity index is 2.27. The fourth-order valence-corrected chi connectivity index (χ4v) is 3.09. The minimum Gasteiger partial charge on any atom is -0.450 e. The summed E-state index contributed by atoms with van der Waals surface area (Å²) in [6, 6.07) is 7.62. The molecule has 3 rings (SSSR count). The standard InChI is InChI=1S/C20H26N4O4/c1-5-27-11-15-22-16-17(24(15)12-20(3,4)26)13-9-7-8-10-14(13)21-18(16)23-19(25)28-6-2/h7-10,26H,5-6,11-12H2,1-4H3,(H,21,23,25). The molecule has 2 N–H and O–H groups in total. The molecule has 0 aliphatic heterocycles. The van der Waals surface area contributed by atoms with E-state index in [0.29, 0.717) is 35.8 Å². The molecule has 2 heterocycles. The number of benzene rings is 1. The number of amides is 1. The number of pyridine rings is 1. The maximum atomic E-state index is 12.0. The fraction of sp³-hybridized carbons (Fsp3) is 0.450. The van der Waals surface area contributed by atoms with E-state index in [1.807, 2.05) is 35.8 Å². The van der Waals surface area contributed by atoms with E-state index < -0.39 is 11.7 Å². The molecule has 0 unspecified atom stereocenters. The van der Waals surface area contributed by atoms with Crippen molar-refractivity contribution in [3.63, 3.8) is 0 Å². The molecular formula is C20H26N4O4. The molecule has 0 saturated heterocycles. The molecule has 8 heteroatoms. The van der Waals surface area contributed by atoms with Gasteiger partial charge in [0.1, 0.15) is 17.9 Å². The number of imidazole rings is 1. The number of anilines is 1. The quantitative estimate of drug-likeness (QED) is 0.645. The van der Waals surface area contributed by atoms with Crippen LogP contribution in [0.4, 0.5) is 10.6 Å². The van der Waals surface area contributed by atoms with E-state index in [1.165, 1.54) is 0 Å². The monoisotopic (exact) mass is 386 g/mol. The average molecular weight is 386 g/mol. The molecule has 1 aromatic carbocycles. The number of fused-ring (bicyclic) bond motifs is 3. The molecule has 0 saturated carbocycles. The smallest absolute Gasteiger partial charge is 0.412 e. The summed E-state index contributed by atoms with van der Waals surface area (Å²) in [5.41, 5.74) is 1.06. The number of ether oxygens (including phenoxy) is 2. The molecule has 28 heavy (non-hydrogen) atoms. The molecule has 0 bridgehead atoms. The Kier molecular flexibility index (Phi) is 5.81. The second-order valence-corrected chi connectivity index (χ2v) is 7.08. The molecule has 0 aliphatic carbocycles. The summed E-state index contributed by atoms with van der Waals surface area (Å²) in [5.74, 6) is 0.975. The number of nitrogens with zero attached hydrogens (tertiary/aromatic N) is 3. The van der Waals surface area contributed by atoms with Crippen LogP contribution in [0.3, 0.4) is 0 Å². The lowest BCUT2D eigenvalue weighted by Gasteiger charge is -2.20. The molecule has 8 nitrogen and oxygen atoms in total. The zero-order chi connectivity index (χ0) is 20.3. The van der Waals surface area contributed by atoms with E-state index in [9.17, 15) is 9.90 Å². The first-order valence-electron chi connectivity index (χ1n) is 9.35. The molecule has 0 fully saturated rings. The molecule has 0 radical (unpaired) electrons. The first-order valence-corrected chi connectivity index (χ1v) is 9.35. The lowest BCUT2D eigenvalue weighted by molar-refractivity contribution is 0.0582. The molecule has 0 atom stereocenters. The lowest BCUT2D eigenvalue weighted by Crippen LogP contribution is -2.27. The van der Waals surface area contributed by atoms with Crippen molar-refractivity contribution in [2.24, 2.45) is 0 Å². The van der Waals surface area contributed by atoms with Crippen LogP contribution in [0.1, 0.15) is 33.5 Å². The maximum Gasteiger partial charge on any atom is 0.412 e. The van der Waals surface area contributed by atoms with Crippen LogP contribution in [-0.2, 0) is 22.6 Å². The van der Waals surface area contributed by atoms with Crippen molar-refractivity contribution in [1.82, 2.24) is 14.5 Å². The highest BCUT2D eigenvalue weighted by Crippen LogP contribution is 2.31. The van der Waals surface area contributed by atoms with Gasteiger partial charge in [-0.05, 0) is 33.8 Å². The minimum absolute atomic E-state index is 0.255. The van der Waals surface area contributed by atoms with Gasteiger partial charge in [-0.3, -0.25) is 5.32 Å². The second-order valence-electron chi connectivity index (χ2n) is 7.08. The van der Waals surface area contributed by atoms with Gasteiger partial charge in [0.25, 0.3) is 0 Å². The zero-order valence-electron chi connectivity index (χ0n) is 16.7. The van der Waals surface area contributed by atoms with Gasteiger partial charge in [0, 0.05) is 12.0 Å². The van der Waals surface area contributed by atoms with Crippen molar-refractivity contribution in [2.75, 3.05) is 18.5 Å². The second kappa shape index (κ2) is 8.12. The van der Waals surface area contributed by atoms with Crippen LogP contribution in [0, 0.1) is 0 Å². The van der Waals surface area contributed by atoms with Crippen LogP contribution in [0.25, 0.3) is 21.9 Å². The fourth-order valence-electron chi connectivity index (χ4n) is 3.09. The number of nitrogens with one attached hydrogen (secondary N) is 1. The van der Waals surface area contributed by atoms with Crippen molar-refractivity contribution >= 4 is 33.8 Å². The summed E-state index contributed by atoms with van der Waals surface area (Å²) in [4.78, 5) is 21.3. The Bertz CT molecular complexity index is 991. The first kappa shape index (κ1) is 20.0. The number of carbonyl (C=O) groups excluding carboxylic acids is 1. The number of hydrogen-bond donors (Lipinski definition) is 2. The zero-order valence-corrected chi connectivity index (χ0v) is 16.7. The molecule has 1 amide bonds. The van der Waals surface area contributed by atoms with Crippen molar-refractivity contribution in [3.05, 3.63) is 30.1 Å². The predicted molar refractivity (Wildman–Crippen MR) is 107 cm³/mol. The molecule has 0 aliphatic rings. The predicted octanol–water partition coefficient (Wildman–Crippen LogP) is 3.46. The number of hydrogen-bond acceptors (Lipinski definition) is 6. The number of rotatable bonds is 7. The van der Waals surface area contributed by atoms with Crippen LogP contribution in [0.2, 0.25) is 0 Å². The van der Waals surface area contributed by atoms with Crippen LogP contribution >= 0.6 is 0 Å². The molecular weight excluding hydrogens is 360 g/mol. The molecule has 0 spiro atoms. The lowest BCUT2D eigenvalue weighted by atomic mass is 10.1. The van der Waals surface area contributed by atoms with Gasteiger partial charge in [-0.2, -0.15) is 0 Å². The summed E-state index contributed by atoms with van der Waals surface area (Å²) in [6.07, 6.45) is -0.588. The summed E-state index contributed by atoms with van der Waals surface area (Å²) < 4.78 is 12.5. The number of aromatic nitrogens is 3. The Labute approximate surface area is 163 Å². The highest BCUT2D eigenvalue weighted by molar-refractivity contribution is 6.09. The Morgan fingerprint density at radius 2 is 1.96 bits per heavy atom. The SMILES string of the molecule is CCOCc1nc2c(NC(=O)OCC)nc3ccccc3c2n1CC(C)(C)O. The largest absolute Gasteiger partial charge is 0.450 e. The Hall–Kier alpha value is -2.71. The van der Waals surface area contributed by atoms with E-state index in [1.54, 1.807) is 20.8 Å². The first-order chi connectivity index (χ1) is 13.3. The third-order valence-corrected chi connectivity index (χ3v) is 4.14.